The average molecular weight is 291 g/mol. The van der Waals surface area contributed by atoms with Crippen LogP contribution in [0.5, 0.6) is 5.75 Å². The van der Waals surface area contributed by atoms with Crippen LogP contribution in [-0.2, 0) is 4.74 Å². The van der Waals surface area contributed by atoms with Crippen LogP contribution in [0, 0.1) is 0 Å². The van der Waals surface area contributed by atoms with Crippen LogP contribution in [0.15, 0.2) is 18.2 Å². The van der Waals surface area contributed by atoms with Crippen molar-refractivity contribution >= 4 is 5.69 Å². The Morgan fingerprint density at radius 3 is 2.76 bits per heavy atom. The van der Waals surface area contributed by atoms with Crippen molar-refractivity contribution in [3.05, 3.63) is 18.2 Å². The van der Waals surface area contributed by atoms with Gasteiger partial charge >= 0.3 is 0 Å². The summed E-state index contributed by atoms with van der Waals surface area (Å²) in [4.78, 5) is 0. The van der Waals surface area contributed by atoms with Gasteiger partial charge in [-0.1, -0.05) is 13.3 Å². The van der Waals surface area contributed by atoms with E-state index >= 15 is 0 Å². The van der Waals surface area contributed by atoms with Gasteiger partial charge in [0.25, 0.3) is 0 Å². The van der Waals surface area contributed by atoms with Gasteiger partial charge in [0.1, 0.15) is 5.75 Å². The van der Waals surface area contributed by atoms with Gasteiger partial charge < -0.3 is 15.2 Å². The molecule has 2 rings (SSSR count). The SMILES string of the molecule is CCCC(COC)n1nnnc1-c1cc(N)cc(OC)c1. The highest BCUT2D eigenvalue weighted by atomic mass is 16.5. The molecule has 0 aliphatic heterocycles. The third-order valence-corrected chi connectivity index (χ3v) is 3.24. The molecule has 0 spiro atoms. The Balaban J connectivity index is 2.41. The Morgan fingerprint density at radius 1 is 1.29 bits per heavy atom. The van der Waals surface area contributed by atoms with Crippen molar-refractivity contribution in [2.24, 2.45) is 0 Å². The third-order valence-electron chi connectivity index (χ3n) is 3.24. The molecule has 0 radical (unpaired) electrons. The molecule has 1 aromatic heterocycles. The lowest BCUT2D eigenvalue weighted by Gasteiger charge is -2.17. The van der Waals surface area contributed by atoms with Gasteiger partial charge in [-0.15, -0.1) is 5.10 Å². The summed E-state index contributed by atoms with van der Waals surface area (Å²) < 4.78 is 12.3. The van der Waals surface area contributed by atoms with Gasteiger partial charge in [-0.3, -0.25) is 0 Å². The Hall–Kier alpha value is -2.15. The molecule has 1 unspecified atom stereocenters. The molecule has 0 bridgehead atoms. The van der Waals surface area contributed by atoms with Crippen molar-refractivity contribution in [3.8, 4) is 17.1 Å². The predicted octanol–water partition coefficient (Wildman–Crippen LogP) is 1.92. The van der Waals surface area contributed by atoms with E-state index in [1.807, 2.05) is 12.1 Å². The van der Waals surface area contributed by atoms with E-state index in [2.05, 4.69) is 22.4 Å². The second-order valence-electron chi connectivity index (χ2n) is 4.84. The maximum atomic E-state index is 5.90. The van der Waals surface area contributed by atoms with E-state index in [1.54, 1.807) is 25.0 Å². The predicted molar refractivity (Wildman–Crippen MR) is 80.0 cm³/mol. The number of nitrogens with zero attached hydrogens (tertiary/aromatic N) is 4. The molecule has 2 aromatic rings. The van der Waals surface area contributed by atoms with Crippen molar-refractivity contribution in [1.29, 1.82) is 0 Å². The summed E-state index contributed by atoms with van der Waals surface area (Å²) >= 11 is 0. The molecule has 114 valence electrons. The largest absolute Gasteiger partial charge is 0.497 e. The summed E-state index contributed by atoms with van der Waals surface area (Å²) in [5, 5.41) is 12.0. The molecule has 7 nitrogen and oxygen atoms in total. The number of anilines is 1. The lowest BCUT2D eigenvalue weighted by Crippen LogP contribution is -2.17. The van der Waals surface area contributed by atoms with Crippen LogP contribution >= 0.6 is 0 Å². The summed E-state index contributed by atoms with van der Waals surface area (Å²) in [5.41, 5.74) is 7.34. The molecule has 7 heteroatoms. The van der Waals surface area contributed by atoms with E-state index in [0.717, 1.165) is 18.4 Å². The minimum Gasteiger partial charge on any atom is -0.497 e. The van der Waals surface area contributed by atoms with E-state index in [4.69, 9.17) is 15.2 Å². The molecule has 21 heavy (non-hydrogen) atoms. The average Bonchev–Trinajstić information content (AvgIpc) is 2.95. The fraction of sp³-hybridized carbons (Fsp3) is 0.500. The summed E-state index contributed by atoms with van der Waals surface area (Å²) in [6.07, 6.45) is 1.96. The summed E-state index contributed by atoms with van der Waals surface area (Å²) in [7, 11) is 3.28. The highest BCUT2D eigenvalue weighted by Gasteiger charge is 2.18. The molecule has 0 fully saturated rings. The second-order valence-corrected chi connectivity index (χ2v) is 4.84. The highest BCUT2D eigenvalue weighted by molar-refractivity contribution is 5.64. The lowest BCUT2D eigenvalue weighted by molar-refractivity contribution is 0.144. The summed E-state index contributed by atoms with van der Waals surface area (Å²) in [5.74, 6) is 1.34. The molecule has 0 amide bonds. The normalized spacial score (nSPS) is 12.3. The number of nitrogens with two attached hydrogens (primary N) is 1. The maximum Gasteiger partial charge on any atom is 0.182 e. The number of tetrazole rings is 1. The number of hydrogen-bond donors (Lipinski definition) is 1. The molecule has 1 heterocycles. The first-order valence-corrected chi connectivity index (χ1v) is 6.91. The van der Waals surface area contributed by atoms with Gasteiger partial charge in [-0.25, -0.2) is 4.68 Å². The lowest BCUT2D eigenvalue weighted by atomic mass is 10.1. The number of aromatic nitrogens is 4. The van der Waals surface area contributed by atoms with Crippen molar-refractivity contribution in [2.75, 3.05) is 26.6 Å². The van der Waals surface area contributed by atoms with E-state index in [1.165, 1.54) is 0 Å². The highest BCUT2D eigenvalue weighted by Crippen LogP contribution is 2.27. The first-order valence-electron chi connectivity index (χ1n) is 6.91. The number of benzene rings is 1. The van der Waals surface area contributed by atoms with Crippen LogP contribution in [0.2, 0.25) is 0 Å². The zero-order chi connectivity index (χ0) is 15.2. The van der Waals surface area contributed by atoms with Crippen LogP contribution in [0.1, 0.15) is 25.8 Å². The fourth-order valence-electron chi connectivity index (χ4n) is 2.30. The van der Waals surface area contributed by atoms with Crippen LogP contribution < -0.4 is 10.5 Å². The third kappa shape index (κ3) is 3.49. The minimum atomic E-state index is 0.0948. The Labute approximate surface area is 124 Å². The van der Waals surface area contributed by atoms with Crippen LogP contribution in [0.25, 0.3) is 11.4 Å². The van der Waals surface area contributed by atoms with Crippen molar-refractivity contribution in [1.82, 2.24) is 20.2 Å². The topological polar surface area (TPSA) is 88.1 Å². The number of ether oxygens (including phenoxy) is 2. The monoisotopic (exact) mass is 291 g/mol. The molecule has 0 saturated heterocycles. The van der Waals surface area contributed by atoms with Gasteiger partial charge in [0, 0.05) is 24.4 Å². The zero-order valence-corrected chi connectivity index (χ0v) is 12.6. The fourth-order valence-corrected chi connectivity index (χ4v) is 2.30. The van der Waals surface area contributed by atoms with E-state index in [-0.39, 0.29) is 6.04 Å². The molecular weight excluding hydrogens is 270 g/mol. The van der Waals surface area contributed by atoms with Gasteiger partial charge in [-0.2, -0.15) is 0 Å². The first kappa shape index (κ1) is 15.2. The number of hydrogen-bond acceptors (Lipinski definition) is 6. The molecule has 0 aliphatic rings. The second kappa shape index (κ2) is 7.03. The van der Waals surface area contributed by atoms with Crippen LogP contribution in [-0.4, -0.2) is 41.0 Å². The van der Waals surface area contributed by atoms with Gasteiger partial charge in [0.15, 0.2) is 5.82 Å². The van der Waals surface area contributed by atoms with Crippen molar-refractivity contribution in [2.45, 2.75) is 25.8 Å². The Morgan fingerprint density at radius 2 is 2.10 bits per heavy atom. The van der Waals surface area contributed by atoms with Gasteiger partial charge in [0.2, 0.25) is 0 Å². The maximum absolute atomic E-state index is 5.90. The van der Waals surface area contributed by atoms with Crippen molar-refractivity contribution in [3.63, 3.8) is 0 Å². The molecule has 0 saturated carbocycles. The number of rotatable bonds is 7. The summed E-state index contributed by atoms with van der Waals surface area (Å²) in [6.45, 7) is 2.68. The Kier molecular flexibility index (Phi) is 5.10. The Bertz CT molecular complexity index is 578. The van der Waals surface area contributed by atoms with E-state index < -0.39 is 0 Å². The summed E-state index contributed by atoms with van der Waals surface area (Å²) in [6, 6.07) is 5.56. The quantitative estimate of drug-likeness (QED) is 0.784. The minimum absolute atomic E-state index is 0.0948. The van der Waals surface area contributed by atoms with Gasteiger partial charge in [-0.05, 0) is 29.0 Å². The van der Waals surface area contributed by atoms with Crippen LogP contribution in [0.3, 0.4) is 0 Å². The molecular formula is C14H21N5O2. The molecule has 1 atom stereocenters. The number of nitrogen functional groups attached to an aromatic ring is 1. The zero-order valence-electron chi connectivity index (χ0n) is 12.6. The first-order chi connectivity index (χ1) is 10.2. The van der Waals surface area contributed by atoms with Gasteiger partial charge in [0.05, 0.1) is 19.8 Å². The van der Waals surface area contributed by atoms with Crippen molar-refractivity contribution < 1.29 is 9.47 Å². The molecule has 2 N–H and O–H groups in total. The number of methoxy groups -OCH3 is 2. The van der Waals surface area contributed by atoms with Crippen LogP contribution in [0.4, 0.5) is 5.69 Å². The van der Waals surface area contributed by atoms with E-state index in [9.17, 15) is 0 Å². The molecule has 1 aromatic carbocycles. The molecule has 0 aliphatic carbocycles. The van der Waals surface area contributed by atoms with E-state index in [0.29, 0.717) is 23.9 Å². The smallest absolute Gasteiger partial charge is 0.182 e. The standard InChI is InChI=1S/C14H21N5O2/c1-4-5-12(9-20-2)19-14(16-17-18-19)10-6-11(15)8-13(7-10)21-3/h6-8,12H,4-5,9,15H2,1-3H3.